The molecule has 1 aliphatic heterocycles. The van der Waals surface area contributed by atoms with Gasteiger partial charge in [-0.15, -0.1) is 0 Å². The normalized spacial score (nSPS) is 29.3. The van der Waals surface area contributed by atoms with Crippen molar-refractivity contribution in [3.05, 3.63) is 0 Å². The smallest absolute Gasteiger partial charge is 0.0620 e. The van der Waals surface area contributed by atoms with E-state index in [2.05, 4.69) is 37.9 Å². The largest absolute Gasteiger partial charge is 0.383 e. The molecule has 0 saturated carbocycles. The number of nitrogens with zero attached hydrogens (tertiary/aromatic N) is 1. The van der Waals surface area contributed by atoms with Crippen molar-refractivity contribution in [1.29, 1.82) is 0 Å². The van der Waals surface area contributed by atoms with Crippen LogP contribution in [0.1, 0.15) is 40.5 Å². The van der Waals surface area contributed by atoms with Crippen LogP contribution in [0.3, 0.4) is 0 Å². The molecule has 102 valence electrons. The molecule has 3 heteroatoms. The zero-order chi connectivity index (χ0) is 12.9. The molecule has 1 aliphatic rings. The molecule has 1 N–H and O–H groups in total. The van der Waals surface area contributed by atoms with E-state index in [1.165, 1.54) is 19.4 Å². The van der Waals surface area contributed by atoms with Gasteiger partial charge in [-0.05, 0) is 38.8 Å². The Labute approximate surface area is 107 Å². The average Bonchev–Trinajstić information content (AvgIpc) is 2.48. The van der Waals surface area contributed by atoms with Gasteiger partial charge in [-0.3, -0.25) is 4.90 Å². The van der Waals surface area contributed by atoms with Gasteiger partial charge in [-0.1, -0.05) is 20.8 Å². The summed E-state index contributed by atoms with van der Waals surface area (Å²) in [7, 11) is 1.81. The number of rotatable bonds is 5. The third-order valence-electron chi connectivity index (χ3n) is 4.08. The molecule has 1 rings (SSSR count). The molecule has 0 bridgehead atoms. The zero-order valence-corrected chi connectivity index (χ0v) is 12.3. The maximum absolute atomic E-state index is 5.40. The highest BCUT2D eigenvalue weighted by Gasteiger charge is 2.31. The van der Waals surface area contributed by atoms with E-state index in [4.69, 9.17) is 4.74 Å². The summed E-state index contributed by atoms with van der Waals surface area (Å²) in [6.45, 7) is 13.5. The van der Waals surface area contributed by atoms with Crippen LogP contribution in [0.5, 0.6) is 0 Å². The quantitative estimate of drug-likeness (QED) is 0.799. The summed E-state index contributed by atoms with van der Waals surface area (Å²) in [5, 5.41) is 3.69. The number of hydrogen-bond acceptors (Lipinski definition) is 3. The van der Waals surface area contributed by atoms with Crippen LogP contribution in [0.2, 0.25) is 0 Å². The first-order chi connectivity index (χ1) is 8.02. The van der Waals surface area contributed by atoms with Crippen LogP contribution < -0.4 is 5.32 Å². The summed E-state index contributed by atoms with van der Waals surface area (Å²) in [6.07, 6.45) is 2.42. The van der Waals surface area contributed by atoms with Gasteiger partial charge in [0.25, 0.3) is 0 Å². The van der Waals surface area contributed by atoms with E-state index in [0.717, 1.165) is 19.7 Å². The lowest BCUT2D eigenvalue weighted by Crippen LogP contribution is -2.52. The minimum Gasteiger partial charge on any atom is -0.383 e. The summed E-state index contributed by atoms with van der Waals surface area (Å²) in [4.78, 5) is 2.62. The second-order valence-corrected chi connectivity index (χ2v) is 5.93. The van der Waals surface area contributed by atoms with E-state index in [1.807, 2.05) is 7.11 Å². The van der Waals surface area contributed by atoms with Gasteiger partial charge in [-0.2, -0.15) is 0 Å². The number of nitrogens with one attached hydrogen (secondary N) is 1. The third-order valence-corrected chi connectivity index (χ3v) is 4.08. The highest BCUT2D eigenvalue weighted by Crippen LogP contribution is 2.20. The van der Waals surface area contributed by atoms with E-state index in [1.54, 1.807) is 0 Å². The molecule has 0 spiro atoms. The molecule has 0 aliphatic carbocycles. The molecule has 0 aromatic rings. The topological polar surface area (TPSA) is 24.5 Å². The molecule has 1 fully saturated rings. The van der Waals surface area contributed by atoms with Crippen molar-refractivity contribution >= 4 is 0 Å². The minimum atomic E-state index is 0.261. The summed E-state index contributed by atoms with van der Waals surface area (Å²) in [5.41, 5.74) is 0.261. The van der Waals surface area contributed by atoms with Crippen molar-refractivity contribution in [2.45, 2.75) is 52.1 Å². The summed E-state index contributed by atoms with van der Waals surface area (Å²) >= 11 is 0. The van der Waals surface area contributed by atoms with Crippen LogP contribution in [0, 0.1) is 5.92 Å². The van der Waals surface area contributed by atoms with Gasteiger partial charge >= 0.3 is 0 Å². The Hall–Kier alpha value is -0.120. The fourth-order valence-corrected chi connectivity index (χ4v) is 2.67. The predicted molar refractivity (Wildman–Crippen MR) is 73.4 cm³/mol. The van der Waals surface area contributed by atoms with E-state index < -0.39 is 0 Å². The van der Waals surface area contributed by atoms with Gasteiger partial charge in [0.1, 0.15) is 0 Å². The zero-order valence-electron chi connectivity index (χ0n) is 12.3. The van der Waals surface area contributed by atoms with Gasteiger partial charge in [0, 0.05) is 25.2 Å². The van der Waals surface area contributed by atoms with Gasteiger partial charge in [0.05, 0.1) is 6.61 Å². The Morgan fingerprint density at radius 3 is 2.65 bits per heavy atom. The lowest BCUT2D eigenvalue weighted by molar-refractivity contribution is 0.0536. The monoisotopic (exact) mass is 242 g/mol. The van der Waals surface area contributed by atoms with Gasteiger partial charge < -0.3 is 10.1 Å². The van der Waals surface area contributed by atoms with Crippen LogP contribution in [0.4, 0.5) is 0 Å². The molecule has 0 radical (unpaired) electrons. The van der Waals surface area contributed by atoms with E-state index in [0.29, 0.717) is 12.0 Å². The van der Waals surface area contributed by atoms with Crippen LogP contribution >= 0.6 is 0 Å². The first-order valence-electron chi connectivity index (χ1n) is 7.00. The second-order valence-electron chi connectivity index (χ2n) is 5.93. The first-order valence-corrected chi connectivity index (χ1v) is 7.00. The highest BCUT2D eigenvalue weighted by molar-refractivity contribution is 4.90. The van der Waals surface area contributed by atoms with Gasteiger partial charge in [-0.25, -0.2) is 0 Å². The molecular weight excluding hydrogens is 212 g/mol. The molecule has 17 heavy (non-hydrogen) atoms. The number of methoxy groups -OCH3 is 1. The fraction of sp³-hybridized carbons (Fsp3) is 1.00. The van der Waals surface area contributed by atoms with Crippen molar-refractivity contribution in [2.24, 2.45) is 5.92 Å². The summed E-state index contributed by atoms with van der Waals surface area (Å²) in [6, 6.07) is 0.547. The molecule has 0 aromatic heterocycles. The third kappa shape index (κ3) is 4.23. The molecule has 2 unspecified atom stereocenters. The SMILES string of the molecule is CCC1(C)CN(C(COC)C(C)C)CCCN1. The van der Waals surface area contributed by atoms with E-state index in [9.17, 15) is 0 Å². The first kappa shape index (κ1) is 14.9. The molecule has 2 atom stereocenters. The predicted octanol–water partition coefficient (Wildman–Crippen LogP) is 2.12. The van der Waals surface area contributed by atoms with Crippen molar-refractivity contribution in [3.63, 3.8) is 0 Å². The van der Waals surface area contributed by atoms with Crippen LogP contribution in [-0.2, 0) is 4.74 Å². The number of hydrogen-bond donors (Lipinski definition) is 1. The van der Waals surface area contributed by atoms with Crippen molar-refractivity contribution in [3.8, 4) is 0 Å². The Balaban J connectivity index is 2.71. The molecule has 1 heterocycles. The van der Waals surface area contributed by atoms with Crippen molar-refractivity contribution < 1.29 is 4.74 Å². The van der Waals surface area contributed by atoms with Crippen molar-refractivity contribution in [1.82, 2.24) is 10.2 Å². The Kier molecular flexibility index (Phi) is 5.90. The Bertz CT molecular complexity index is 220. The fourth-order valence-electron chi connectivity index (χ4n) is 2.67. The lowest BCUT2D eigenvalue weighted by Gasteiger charge is -2.38. The molecular formula is C14H30N2O. The van der Waals surface area contributed by atoms with E-state index >= 15 is 0 Å². The molecule has 1 saturated heterocycles. The molecule has 0 amide bonds. The second kappa shape index (κ2) is 6.72. The maximum atomic E-state index is 5.40. The van der Waals surface area contributed by atoms with Crippen LogP contribution in [0.15, 0.2) is 0 Å². The standard InChI is InChI=1S/C14H30N2O/c1-6-14(4)11-16(9-7-8-15-14)13(10-17-5)12(2)3/h12-13,15H,6-11H2,1-5H3. The van der Waals surface area contributed by atoms with E-state index in [-0.39, 0.29) is 5.54 Å². The lowest BCUT2D eigenvalue weighted by atomic mass is 9.96. The molecule has 3 nitrogen and oxygen atoms in total. The Morgan fingerprint density at radius 2 is 2.12 bits per heavy atom. The molecule has 0 aromatic carbocycles. The van der Waals surface area contributed by atoms with Crippen LogP contribution in [-0.4, -0.2) is 49.8 Å². The maximum Gasteiger partial charge on any atom is 0.0620 e. The summed E-state index contributed by atoms with van der Waals surface area (Å²) < 4.78 is 5.40. The van der Waals surface area contributed by atoms with Gasteiger partial charge in [0.2, 0.25) is 0 Å². The minimum absolute atomic E-state index is 0.261. The van der Waals surface area contributed by atoms with Gasteiger partial charge in [0.15, 0.2) is 0 Å². The summed E-state index contributed by atoms with van der Waals surface area (Å²) in [5.74, 6) is 0.647. The Morgan fingerprint density at radius 1 is 1.41 bits per heavy atom. The van der Waals surface area contributed by atoms with Crippen molar-refractivity contribution in [2.75, 3.05) is 33.4 Å². The highest BCUT2D eigenvalue weighted by atomic mass is 16.5. The van der Waals surface area contributed by atoms with Crippen LogP contribution in [0.25, 0.3) is 0 Å². The number of ether oxygens (including phenoxy) is 1. The average molecular weight is 242 g/mol.